The lowest BCUT2D eigenvalue weighted by molar-refractivity contribution is 0.0694. The SMILES string of the molecule is O=C(O)c1cc2c(c(F)c1I)N1CCCC1CO2. The zero-order valence-electron chi connectivity index (χ0n) is 9.45. The molecule has 4 nitrogen and oxygen atoms in total. The fraction of sp³-hybridized carbons (Fsp3) is 0.417. The minimum Gasteiger partial charge on any atom is -0.489 e. The number of halogens is 2. The number of anilines is 1. The molecular weight excluding hydrogens is 352 g/mol. The van der Waals surface area contributed by atoms with Crippen LogP contribution >= 0.6 is 22.6 Å². The van der Waals surface area contributed by atoms with Gasteiger partial charge in [-0.2, -0.15) is 0 Å². The highest BCUT2D eigenvalue weighted by Crippen LogP contribution is 2.42. The monoisotopic (exact) mass is 363 g/mol. The first-order chi connectivity index (χ1) is 8.59. The largest absolute Gasteiger partial charge is 0.489 e. The number of aromatic carboxylic acids is 1. The van der Waals surface area contributed by atoms with Gasteiger partial charge in [-0.15, -0.1) is 0 Å². The van der Waals surface area contributed by atoms with Crippen molar-refractivity contribution in [3.8, 4) is 5.75 Å². The highest BCUT2D eigenvalue weighted by Gasteiger charge is 2.35. The van der Waals surface area contributed by atoms with Crippen molar-refractivity contribution in [2.45, 2.75) is 18.9 Å². The number of benzene rings is 1. The number of carbonyl (C=O) groups is 1. The van der Waals surface area contributed by atoms with Gasteiger partial charge in [0.1, 0.15) is 18.0 Å². The smallest absolute Gasteiger partial charge is 0.337 e. The van der Waals surface area contributed by atoms with E-state index in [-0.39, 0.29) is 15.2 Å². The Hall–Kier alpha value is -1.05. The Balaban J connectivity index is 2.18. The first-order valence-corrected chi connectivity index (χ1v) is 6.82. The minimum absolute atomic E-state index is 0.0375. The van der Waals surface area contributed by atoms with E-state index in [1.807, 2.05) is 4.90 Å². The second kappa shape index (κ2) is 4.25. The molecule has 0 aliphatic carbocycles. The summed E-state index contributed by atoms with van der Waals surface area (Å²) < 4.78 is 20.0. The van der Waals surface area contributed by atoms with Crippen LogP contribution in [0.2, 0.25) is 0 Å². The van der Waals surface area contributed by atoms with Crippen LogP contribution in [-0.2, 0) is 0 Å². The lowest BCUT2D eigenvalue weighted by Gasteiger charge is -2.34. The molecule has 1 atom stereocenters. The molecule has 1 N–H and O–H groups in total. The van der Waals surface area contributed by atoms with E-state index >= 15 is 0 Å². The molecule has 2 heterocycles. The number of ether oxygens (including phenoxy) is 1. The first-order valence-electron chi connectivity index (χ1n) is 5.74. The van der Waals surface area contributed by atoms with Crippen LogP contribution in [0.25, 0.3) is 0 Å². The quantitative estimate of drug-likeness (QED) is 0.779. The Morgan fingerprint density at radius 1 is 1.61 bits per heavy atom. The van der Waals surface area contributed by atoms with Gasteiger partial charge >= 0.3 is 5.97 Å². The van der Waals surface area contributed by atoms with Gasteiger partial charge in [-0.1, -0.05) is 0 Å². The molecule has 3 rings (SSSR count). The second-order valence-electron chi connectivity index (χ2n) is 4.50. The maximum absolute atomic E-state index is 14.3. The van der Waals surface area contributed by atoms with Gasteiger partial charge in [0.05, 0.1) is 15.2 Å². The van der Waals surface area contributed by atoms with Gasteiger partial charge in [0, 0.05) is 6.54 Å². The minimum atomic E-state index is -1.13. The van der Waals surface area contributed by atoms with Crippen LogP contribution in [0, 0.1) is 9.39 Å². The second-order valence-corrected chi connectivity index (χ2v) is 5.58. The van der Waals surface area contributed by atoms with Crippen molar-refractivity contribution >= 4 is 34.2 Å². The maximum Gasteiger partial charge on any atom is 0.337 e. The summed E-state index contributed by atoms with van der Waals surface area (Å²) in [6.07, 6.45) is 2.01. The fourth-order valence-corrected chi connectivity index (χ4v) is 3.26. The van der Waals surface area contributed by atoms with Crippen molar-refractivity contribution in [1.82, 2.24) is 0 Å². The standard InChI is InChI=1S/C12H11FINO3/c13-9-10(14)7(12(16)17)4-8-11(9)15-3-1-2-6(15)5-18-8/h4,6H,1-3,5H2,(H,16,17). The van der Waals surface area contributed by atoms with Gasteiger partial charge in [0.25, 0.3) is 0 Å². The Kier molecular flexibility index (Phi) is 2.84. The number of nitrogens with zero attached hydrogens (tertiary/aromatic N) is 1. The Bertz CT molecular complexity index is 535. The van der Waals surface area contributed by atoms with E-state index in [0.29, 0.717) is 18.0 Å². The fourth-order valence-electron chi connectivity index (χ4n) is 2.62. The van der Waals surface area contributed by atoms with Crippen molar-refractivity contribution in [1.29, 1.82) is 0 Å². The molecule has 0 radical (unpaired) electrons. The number of hydrogen-bond donors (Lipinski definition) is 1. The van der Waals surface area contributed by atoms with Crippen molar-refractivity contribution in [3.63, 3.8) is 0 Å². The zero-order valence-corrected chi connectivity index (χ0v) is 11.6. The highest BCUT2D eigenvalue weighted by atomic mass is 127. The summed E-state index contributed by atoms with van der Waals surface area (Å²) in [5, 5.41) is 9.04. The molecular formula is C12H11FINO3. The van der Waals surface area contributed by atoms with Gasteiger partial charge in [0.2, 0.25) is 0 Å². The average Bonchev–Trinajstić information content (AvgIpc) is 2.80. The molecule has 1 saturated heterocycles. The topological polar surface area (TPSA) is 49.8 Å². The van der Waals surface area contributed by atoms with Gasteiger partial charge in [-0.05, 0) is 41.5 Å². The van der Waals surface area contributed by atoms with Gasteiger partial charge < -0.3 is 14.7 Å². The Morgan fingerprint density at radius 2 is 2.39 bits per heavy atom. The molecule has 6 heteroatoms. The third-order valence-corrected chi connectivity index (χ3v) is 4.53. The third-order valence-electron chi connectivity index (χ3n) is 3.47. The molecule has 0 amide bonds. The average molecular weight is 363 g/mol. The summed E-state index contributed by atoms with van der Waals surface area (Å²) in [5.74, 6) is -1.26. The van der Waals surface area contributed by atoms with Crippen LogP contribution in [0.1, 0.15) is 23.2 Å². The molecule has 96 valence electrons. The van der Waals surface area contributed by atoms with Crippen molar-refractivity contribution in [2.24, 2.45) is 0 Å². The van der Waals surface area contributed by atoms with E-state index in [2.05, 4.69) is 0 Å². The summed E-state index contributed by atoms with van der Waals surface area (Å²) in [6.45, 7) is 1.31. The molecule has 1 aromatic rings. The van der Waals surface area contributed by atoms with E-state index in [1.165, 1.54) is 6.07 Å². The lowest BCUT2D eigenvalue weighted by atomic mass is 10.1. The molecule has 1 unspecified atom stereocenters. The molecule has 0 spiro atoms. The number of fused-ring (bicyclic) bond motifs is 3. The van der Waals surface area contributed by atoms with Crippen molar-refractivity contribution in [3.05, 3.63) is 21.0 Å². The third kappa shape index (κ3) is 1.65. The van der Waals surface area contributed by atoms with Crippen LogP contribution in [0.15, 0.2) is 6.07 Å². The Morgan fingerprint density at radius 3 is 3.11 bits per heavy atom. The van der Waals surface area contributed by atoms with Crippen molar-refractivity contribution < 1.29 is 19.0 Å². The predicted molar refractivity (Wildman–Crippen MR) is 71.9 cm³/mol. The van der Waals surface area contributed by atoms with Gasteiger partial charge in [-0.3, -0.25) is 0 Å². The highest BCUT2D eigenvalue weighted by molar-refractivity contribution is 14.1. The van der Waals surface area contributed by atoms with Crippen LogP contribution < -0.4 is 9.64 Å². The molecule has 0 saturated carbocycles. The van der Waals surface area contributed by atoms with E-state index in [1.54, 1.807) is 22.6 Å². The van der Waals surface area contributed by atoms with Crippen molar-refractivity contribution in [2.75, 3.05) is 18.1 Å². The molecule has 2 aliphatic rings. The van der Waals surface area contributed by atoms with Crippen LogP contribution in [-0.4, -0.2) is 30.3 Å². The molecule has 0 aromatic heterocycles. The van der Waals surface area contributed by atoms with E-state index in [9.17, 15) is 9.18 Å². The summed E-state index contributed by atoms with van der Waals surface area (Å²) in [7, 11) is 0. The van der Waals surface area contributed by atoms with Crippen LogP contribution in [0.4, 0.5) is 10.1 Å². The summed E-state index contributed by atoms with van der Waals surface area (Å²) in [6, 6.07) is 1.65. The normalized spacial score (nSPS) is 21.2. The Labute approximate surface area is 117 Å². The molecule has 2 aliphatic heterocycles. The van der Waals surface area contributed by atoms with E-state index in [0.717, 1.165) is 19.4 Å². The number of carboxylic acids is 1. The number of hydrogen-bond acceptors (Lipinski definition) is 3. The lowest BCUT2D eigenvalue weighted by Crippen LogP contribution is -2.39. The molecule has 18 heavy (non-hydrogen) atoms. The number of carboxylic acid groups (broad SMARTS) is 1. The first kappa shape index (κ1) is 12.0. The van der Waals surface area contributed by atoms with Gasteiger partial charge in [-0.25, -0.2) is 9.18 Å². The summed E-state index contributed by atoms with van der Waals surface area (Å²) in [5.41, 5.74) is 0.391. The van der Waals surface area contributed by atoms with Gasteiger partial charge in [0.15, 0.2) is 5.82 Å². The van der Waals surface area contributed by atoms with E-state index in [4.69, 9.17) is 9.84 Å². The zero-order chi connectivity index (χ0) is 12.9. The molecule has 1 fully saturated rings. The maximum atomic E-state index is 14.3. The van der Waals surface area contributed by atoms with Crippen LogP contribution in [0.5, 0.6) is 5.75 Å². The molecule has 0 bridgehead atoms. The predicted octanol–water partition coefficient (Wildman–Crippen LogP) is 2.49. The summed E-state index contributed by atoms with van der Waals surface area (Å²) in [4.78, 5) is 13.0. The summed E-state index contributed by atoms with van der Waals surface area (Å²) >= 11 is 1.74. The molecule has 1 aromatic carbocycles. The van der Waals surface area contributed by atoms with E-state index < -0.39 is 11.8 Å². The van der Waals surface area contributed by atoms with Crippen LogP contribution in [0.3, 0.4) is 0 Å². The number of rotatable bonds is 1.